The minimum atomic E-state index is -0.476. The van der Waals surface area contributed by atoms with Crippen molar-refractivity contribution in [3.05, 3.63) is 17.7 Å². The maximum Gasteiger partial charge on any atom is 0.238 e. The van der Waals surface area contributed by atoms with E-state index < -0.39 is 5.91 Å². The molecule has 0 radical (unpaired) electrons. The molecule has 0 fully saturated rings. The minimum Gasteiger partial charge on any atom is -0.490 e. The molecule has 20 heavy (non-hydrogen) atoms. The van der Waals surface area contributed by atoms with Crippen molar-refractivity contribution in [1.29, 1.82) is 10.5 Å². The van der Waals surface area contributed by atoms with E-state index in [0.717, 1.165) is 0 Å². The van der Waals surface area contributed by atoms with Crippen LogP contribution in [-0.4, -0.2) is 19.1 Å². The van der Waals surface area contributed by atoms with E-state index in [1.54, 1.807) is 6.07 Å². The van der Waals surface area contributed by atoms with E-state index >= 15 is 0 Å². The lowest BCUT2D eigenvalue weighted by molar-refractivity contribution is -0.115. The van der Waals surface area contributed by atoms with Crippen molar-refractivity contribution < 1.29 is 14.3 Å². The molecule has 0 saturated heterocycles. The smallest absolute Gasteiger partial charge is 0.238 e. The molecule has 0 unspecified atom stereocenters. The second-order valence-corrected chi connectivity index (χ2v) is 3.71. The highest BCUT2D eigenvalue weighted by atomic mass is 16.5. The predicted molar refractivity (Wildman–Crippen MR) is 72.4 cm³/mol. The van der Waals surface area contributed by atoms with Crippen LogP contribution in [0.4, 0.5) is 5.69 Å². The third-order valence-electron chi connectivity index (χ3n) is 2.32. The van der Waals surface area contributed by atoms with Gasteiger partial charge in [-0.15, -0.1) is 0 Å². The summed E-state index contributed by atoms with van der Waals surface area (Å²) in [5.41, 5.74) is 0.558. The molecular formula is C14H15N3O3. The third-order valence-corrected chi connectivity index (χ3v) is 2.32. The number of carbonyl (C=O) groups excluding carboxylic acids is 1. The lowest BCUT2D eigenvalue weighted by Gasteiger charge is -2.14. The van der Waals surface area contributed by atoms with Gasteiger partial charge < -0.3 is 14.8 Å². The van der Waals surface area contributed by atoms with Crippen LogP contribution in [0.15, 0.2) is 12.1 Å². The number of ether oxygens (including phenoxy) is 2. The van der Waals surface area contributed by atoms with Gasteiger partial charge in [-0.1, -0.05) is 0 Å². The number of nitrogens with zero attached hydrogens (tertiary/aromatic N) is 2. The van der Waals surface area contributed by atoms with Crippen molar-refractivity contribution in [1.82, 2.24) is 0 Å². The van der Waals surface area contributed by atoms with Gasteiger partial charge in [0, 0.05) is 12.1 Å². The third kappa shape index (κ3) is 3.89. The van der Waals surface area contributed by atoms with E-state index in [1.165, 1.54) is 12.1 Å². The van der Waals surface area contributed by atoms with Gasteiger partial charge >= 0.3 is 0 Å². The van der Waals surface area contributed by atoms with E-state index in [4.69, 9.17) is 20.0 Å². The number of benzene rings is 1. The van der Waals surface area contributed by atoms with Crippen LogP contribution in [0.25, 0.3) is 0 Å². The van der Waals surface area contributed by atoms with E-state index in [9.17, 15) is 4.79 Å². The number of nitriles is 2. The number of rotatable bonds is 6. The predicted octanol–water partition coefficient (Wildman–Crippen LogP) is 2.21. The normalized spacial score (nSPS) is 9.20. The van der Waals surface area contributed by atoms with Crippen LogP contribution in [0.2, 0.25) is 0 Å². The molecule has 104 valence electrons. The molecule has 1 amide bonds. The van der Waals surface area contributed by atoms with E-state index in [1.807, 2.05) is 19.9 Å². The topological polar surface area (TPSA) is 95.1 Å². The summed E-state index contributed by atoms with van der Waals surface area (Å²) in [5, 5.41) is 20.1. The Hall–Kier alpha value is -2.73. The van der Waals surface area contributed by atoms with E-state index in [-0.39, 0.29) is 12.0 Å². The minimum absolute atomic E-state index is 0.253. The van der Waals surface area contributed by atoms with Gasteiger partial charge in [0.05, 0.1) is 30.5 Å². The van der Waals surface area contributed by atoms with Crippen LogP contribution in [-0.2, 0) is 4.79 Å². The van der Waals surface area contributed by atoms with Gasteiger partial charge in [0.2, 0.25) is 5.91 Å². The Morgan fingerprint density at radius 1 is 1.20 bits per heavy atom. The molecule has 1 rings (SSSR count). The fraction of sp³-hybridized carbons (Fsp3) is 0.357. The number of hydrogen-bond donors (Lipinski definition) is 1. The highest BCUT2D eigenvalue weighted by Gasteiger charge is 2.13. The van der Waals surface area contributed by atoms with Crippen LogP contribution in [0.1, 0.15) is 25.8 Å². The van der Waals surface area contributed by atoms with E-state index in [0.29, 0.717) is 30.4 Å². The average molecular weight is 273 g/mol. The van der Waals surface area contributed by atoms with Crippen molar-refractivity contribution in [3.8, 4) is 23.6 Å². The van der Waals surface area contributed by atoms with Crippen LogP contribution < -0.4 is 14.8 Å². The largest absolute Gasteiger partial charge is 0.490 e. The van der Waals surface area contributed by atoms with Gasteiger partial charge in [-0.3, -0.25) is 4.79 Å². The SMILES string of the molecule is CCOc1cc(C#N)c(NC(=O)CC#N)cc1OCC. The first-order chi connectivity index (χ1) is 9.65. The molecule has 6 nitrogen and oxygen atoms in total. The molecule has 0 heterocycles. The first-order valence-corrected chi connectivity index (χ1v) is 6.16. The first-order valence-electron chi connectivity index (χ1n) is 6.16. The van der Waals surface area contributed by atoms with Crippen molar-refractivity contribution in [2.45, 2.75) is 20.3 Å². The van der Waals surface area contributed by atoms with Crippen molar-refractivity contribution >= 4 is 11.6 Å². The number of nitrogens with one attached hydrogen (secondary N) is 1. The molecular weight excluding hydrogens is 258 g/mol. The highest BCUT2D eigenvalue weighted by Crippen LogP contribution is 2.33. The van der Waals surface area contributed by atoms with Crippen molar-refractivity contribution in [3.63, 3.8) is 0 Å². The van der Waals surface area contributed by atoms with E-state index in [2.05, 4.69) is 5.32 Å². The summed E-state index contributed by atoms with van der Waals surface area (Å²) in [6.07, 6.45) is -0.276. The Balaban J connectivity index is 3.16. The summed E-state index contributed by atoms with van der Waals surface area (Å²) < 4.78 is 10.8. The standard InChI is InChI=1S/C14H15N3O3/c1-3-19-12-7-10(9-16)11(8-13(12)20-4-2)17-14(18)5-6-15/h7-8H,3-5H2,1-2H3,(H,17,18). The fourth-order valence-electron chi connectivity index (χ4n) is 1.56. The summed E-state index contributed by atoms with van der Waals surface area (Å²) >= 11 is 0. The first kappa shape index (κ1) is 15.3. The zero-order chi connectivity index (χ0) is 15.0. The summed E-state index contributed by atoms with van der Waals surface area (Å²) in [6.45, 7) is 4.51. The second-order valence-electron chi connectivity index (χ2n) is 3.71. The molecule has 0 saturated carbocycles. The molecule has 0 aliphatic heterocycles. The number of anilines is 1. The van der Waals surface area contributed by atoms with Crippen molar-refractivity contribution in [2.75, 3.05) is 18.5 Å². The molecule has 0 aromatic heterocycles. The van der Waals surface area contributed by atoms with Gasteiger partial charge in [0.25, 0.3) is 0 Å². The summed E-state index contributed by atoms with van der Waals surface area (Å²) in [5.74, 6) is 0.417. The maximum atomic E-state index is 11.4. The summed E-state index contributed by atoms with van der Waals surface area (Å²) in [4.78, 5) is 11.4. The number of hydrogen-bond acceptors (Lipinski definition) is 5. The van der Waals surface area contributed by atoms with Crippen LogP contribution in [0, 0.1) is 22.7 Å². The Kier molecular flexibility index (Phi) is 5.86. The number of carbonyl (C=O) groups is 1. The van der Waals surface area contributed by atoms with Gasteiger partial charge in [-0.05, 0) is 13.8 Å². The Bertz CT molecular complexity index is 570. The quantitative estimate of drug-likeness (QED) is 0.857. The number of amides is 1. The second kappa shape index (κ2) is 7.65. The molecule has 0 spiro atoms. The molecule has 0 aliphatic carbocycles. The van der Waals surface area contributed by atoms with Crippen LogP contribution in [0.3, 0.4) is 0 Å². The summed E-state index contributed by atoms with van der Waals surface area (Å²) in [6, 6.07) is 6.76. The zero-order valence-corrected chi connectivity index (χ0v) is 11.4. The lowest BCUT2D eigenvalue weighted by Crippen LogP contribution is -2.12. The fourth-order valence-corrected chi connectivity index (χ4v) is 1.56. The van der Waals surface area contributed by atoms with Crippen molar-refractivity contribution in [2.24, 2.45) is 0 Å². The highest BCUT2D eigenvalue weighted by molar-refractivity contribution is 5.93. The molecule has 6 heteroatoms. The zero-order valence-electron chi connectivity index (χ0n) is 11.4. The molecule has 1 aromatic carbocycles. The van der Waals surface area contributed by atoms with Gasteiger partial charge in [-0.2, -0.15) is 10.5 Å². The average Bonchev–Trinajstić information content (AvgIpc) is 2.42. The lowest BCUT2D eigenvalue weighted by atomic mass is 10.1. The Labute approximate surface area is 117 Å². The van der Waals surface area contributed by atoms with Gasteiger partial charge in [0.1, 0.15) is 12.5 Å². The molecule has 0 bridgehead atoms. The summed E-state index contributed by atoms with van der Waals surface area (Å²) in [7, 11) is 0. The van der Waals surface area contributed by atoms with Crippen LogP contribution in [0.5, 0.6) is 11.5 Å². The van der Waals surface area contributed by atoms with Gasteiger partial charge in [-0.25, -0.2) is 0 Å². The Morgan fingerprint density at radius 2 is 1.80 bits per heavy atom. The monoisotopic (exact) mass is 273 g/mol. The van der Waals surface area contributed by atoms with Gasteiger partial charge in [0.15, 0.2) is 11.5 Å². The van der Waals surface area contributed by atoms with Crippen LogP contribution >= 0.6 is 0 Å². The molecule has 1 N–H and O–H groups in total. The maximum absolute atomic E-state index is 11.4. The molecule has 0 atom stereocenters. The molecule has 1 aromatic rings. The Morgan fingerprint density at radius 3 is 2.30 bits per heavy atom. The molecule has 0 aliphatic rings.